The minimum atomic E-state index is -0.495. The van der Waals surface area contributed by atoms with Gasteiger partial charge in [-0.1, -0.05) is 54.6 Å². The smallest absolute Gasteiger partial charge is 0.293 e. The van der Waals surface area contributed by atoms with Crippen LogP contribution in [0.5, 0.6) is 0 Å². The molecule has 1 aliphatic heterocycles. The molecule has 0 unspecified atom stereocenters. The highest BCUT2D eigenvalue weighted by atomic mass is 16.6. The summed E-state index contributed by atoms with van der Waals surface area (Å²) in [5.41, 5.74) is 13.5. The van der Waals surface area contributed by atoms with Crippen LogP contribution >= 0.6 is 0 Å². The summed E-state index contributed by atoms with van der Waals surface area (Å²) in [6, 6.07) is 16.1. The molecule has 0 bridgehead atoms. The SMILES string of the molecule is CCc1ccc(/C=N\NC(=O)c2nnn(-c3nonc3N)c2CN2CCc3ccccc32)cc1. The largest absolute Gasteiger partial charge is 0.378 e. The molecule has 1 aliphatic rings. The number of nitrogens with one attached hydrogen (secondary N) is 1. The maximum Gasteiger partial charge on any atom is 0.293 e. The van der Waals surface area contributed by atoms with E-state index in [0.29, 0.717) is 12.2 Å². The van der Waals surface area contributed by atoms with Crippen molar-refractivity contribution in [1.29, 1.82) is 0 Å². The highest BCUT2D eigenvalue weighted by molar-refractivity contribution is 5.94. The second-order valence-electron chi connectivity index (χ2n) is 7.86. The number of aromatic nitrogens is 5. The van der Waals surface area contributed by atoms with Crippen LogP contribution in [0.2, 0.25) is 0 Å². The number of benzene rings is 2. The monoisotopic (exact) mass is 457 g/mol. The molecule has 0 aliphatic carbocycles. The molecule has 0 radical (unpaired) electrons. The van der Waals surface area contributed by atoms with Gasteiger partial charge in [-0.25, -0.2) is 10.1 Å². The van der Waals surface area contributed by atoms with Gasteiger partial charge in [0.2, 0.25) is 11.6 Å². The number of hydrogen-bond donors (Lipinski definition) is 2. The zero-order valence-corrected chi connectivity index (χ0v) is 18.5. The Hall–Kier alpha value is -4.54. The minimum Gasteiger partial charge on any atom is -0.378 e. The lowest BCUT2D eigenvalue weighted by molar-refractivity contribution is 0.0949. The Morgan fingerprint density at radius 3 is 2.79 bits per heavy atom. The average Bonchev–Trinajstić information content (AvgIpc) is 3.58. The molecule has 2 aromatic carbocycles. The molecule has 0 spiro atoms. The lowest BCUT2D eigenvalue weighted by atomic mass is 10.1. The van der Waals surface area contributed by atoms with E-state index in [4.69, 9.17) is 10.4 Å². The molecule has 3 N–H and O–H groups in total. The van der Waals surface area contributed by atoms with E-state index in [0.717, 1.165) is 30.6 Å². The summed E-state index contributed by atoms with van der Waals surface area (Å²) < 4.78 is 6.11. The first kappa shape index (κ1) is 21.3. The first-order valence-electron chi connectivity index (χ1n) is 10.9. The number of hydrogen-bond acceptors (Lipinski definition) is 9. The van der Waals surface area contributed by atoms with Crippen LogP contribution in [0.4, 0.5) is 11.5 Å². The van der Waals surface area contributed by atoms with E-state index in [1.807, 2.05) is 36.4 Å². The van der Waals surface area contributed by atoms with Crippen molar-refractivity contribution in [2.75, 3.05) is 17.2 Å². The lowest BCUT2D eigenvalue weighted by Gasteiger charge is -2.19. The van der Waals surface area contributed by atoms with Gasteiger partial charge in [-0.2, -0.15) is 9.78 Å². The first-order valence-corrected chi connectivity index (χ1v) is 10.9. The Bertz CT molecular complexity index is 1340. The molecule has 34 heavy (non-hydrogen) atoms. The van der Waals surface area contributed by atoms with E-state index in [9.17, 15) is 4.79 Å². The van der Waals surface area contributed by atoms with Crippen molar-refractivity contribution in [3.05, 3.63) is 76.6 Å². The number of para-hydroxylation sites is 1. The molecule has 2 aromatic heterocycles. The molecule has 0 fully saturated rings. The first-order chi connectivity index (χ1) is 16.6. The van der Waals surface area contributed by atoms with Crippen molar-refractivity contribution in [2.24, 2.45) is 5.10 Å². The molecule has 4 aromatic rings. The second kappa shape index (κ2) is 9.14. The summed E-state index contributed by atoms with van der Waals surface area (Å²) in [5.74, 6) is -0.271. The third-order valence-electron chi connectivity index (χ3n) is 5.77. The van der Waals surface area contributed by atoms with E-state index in [1.54, 1.807) is 6.21 Å². The number of nitrogens with two attached hydrogens (primary N) is 1. The second-order valence-corrected chi connectivity index (χ2v) is 7.86. The van der Waals surface area contributed by atoms with Crippen LogP contribution in [0, 0.1) is 0 Å². The van der Waals surface area contributed by atoms with Gasteiger partial charge in [0.05, 0.1) is 18.5 Å². The Labute approximate surface area is 195 Å². The van der Waals surface area contributed by atoms with Gasteiger partial charge in [-0.3, -0.25) is 4.79 Å². The van der Waals surface area contributed by atoms with Gasteiger partial charge in [0.1, 0.15) is 0 Å². The quantitative estimate of drug-likeness (QED) is 0.318. The Kier molecular flexibility index (Phi) is 5.73. The number of aryl methyl sites for hydroxylation is 1. The van der Waals surface area contributed by atoms with Crippen LogP contribution in [0.1, 0.15) is 39.8 Å². The molecule has 3 heterocycles. The number of rotatable bonds is 7. The zero-order chi connectivity index (χ0) is 23.5. The van der Waals surface area contributed by atoms with Crippen molar-refractivity contribution in [1.82, 2.24) is 30.7 Å². The van der Waals surface area contributed by atoms with Crippen LogP contribution in [0.3, 0.4) is 0 Å². The average molecular weight is 457 g/mol. The van der Waals surface area contributed by atoms with Crippen molar-refractivity contribution in [2.45, 2.75) is 26.3 Å². The molecule has 172 valence electrons. The lowest BCUT2D eigenvalue weighted by Crippen LogP contribution is -2.26. The van der Waals surface area contributed by atoms with Gasteiger partial charge in [-0.15, -0.1) is 5.10 Å². The van der Waals surface area contributed by atoms with Crippen molar-refractivity contribution >= 4 is 23.6 Å². The number of nitrogen functional groups attached to an aromatic ring is 1. The normalized spacial score (nSPS) is 12.9. The van der Waals surface area contributed by atoms with E-state index in [-0.39, 0.29) is 17.3 Å². The predicted octanol–water partition coefficient (Wildman–Crippen LogP) is 2.12. The third-order valence-corrected chi connectivity index (χ3v) is 5.77. The standard InChI is InChI=1S/C23H23N9O2/c1-2-15-7-9-16(10-8-15)13-25-27-23(33)20-19(32(30-26-20)22-21(24)28-34-29-22)14-31-12-11-17-5-3-4-6-18(17)31/h3-10,13H,2,11-12,14H2,1H3,(H2,24,28)(H,27,33)/b25-13-. The zero-order valence-electron chi connectivity index (χ0n) is 18.5. The number of fused-ring (bicyclic) bond motifs is 1. The molecule has 5 rings (SSSR count). The number of anilines is 2. The Morgan fingerprint density at radius 1 is 1.21 bits per heavy atom. The molecule has 1 amide bonds. The number of hydrazone groups is 1. The van der Waals surface area contributed by atoms with E-state index < -0.39 is 5.91 Å². The highest BCUT2D eigenvalue weighted by Crippen LogP contribution is 2.30. The summed E-state index contributed by atoms with van der Waals surface area (Å²) in [4.78, 5) is 15.1. The van der Waals surface area contributed by atoms with Crippen LogP contribution in [0.25, 0.3) is 5.82 Å². The fourth-order valence-electron chi connectivity index (χ4n) is 3.94. The molecular weight excluding hydrogens is 434 g/mol. The number of nitrogens with zero attached hydrogens (tertiary/aromatic N) is 7. The Balaban J connectivity index is 1.41. The molecule has 11 heteroatoms. The van der Waals surface area contributed by atoms with E-state index in [1.165, 1.54) is 15.8 Å². The van der Waals surface area contributed by atoms with Gasteiger partial charge >= 0.3 is 0 Å². The summed E-state index contributed by atoms with van der Waals surface area (Å²) in [6.07, 6.45) is 3.45. The third kappa shape index (κ3) is 4.10. The summed E-state index contributed by atoms with van der Waals surface area (Å²) in [5, 5.41) is 19.7. The van der Waals surface area contributed by atoms with Crippen LogP contribution in [-0.4, -0.2) is 44.0 Å². The van der Waals surface area contributed by atoms with Gasteiger partial charge in [0.15, 0.2) is 5.69 Å². The van der Waals surface area contributed by atoms with Gasteiger partial charge in [0.25, 0.3) is 5.91 Å². The van der Waals surface area contributed by atoms with Crippen LogP contribution in [0.15, 0.2) is 58.3 Å². The van der Waals surface area contributed by atoms with E-state index in [2.05, 4.69) is 55.1 Å². The predicted molar refractivity (Wildman–Crippen MR) is 126 cm³/mol. The molecule has 11 nitrogen and oxygen atoms in total. The van der Waals surface area contributed by atoms with Crippen molar-refractivity contribution in [3.8, 4) is 5.82 Å². The minimum absolute atomic E-state index is 0.0495. The van der Waals surface area contributed by atoms with Gasteiger partial charge < -0.3 is 10.6 Å². The molecule has 0 saturated heterocycles. The van der Waals surface area contributed by atoms with Crippen LogP contribution < -0.4 is 16.1 Å². The summed E-state index contributed by atoms with van der Waals surface area (Å²) in [6.45, 7) is 3.25. The number of amides is 1. The van der Waals surface area contributed by atoms with Gasteiger partial charge in [0, 0.05) is 12.2 Å². The molecular formula is C23H23N9O2. The molecule has 0 saturated carbocycles. The Morgan fingerprint density at radius 2 is 2.03 bits per heavy atom. The summed E-state index contributed by atoms with van der Waals surface area (Å²) >= 11 is 0. The topological polar surface area (TPSA) is 140 Å². The van der Waals surface area contributed by atoms with Crippen molar-refractivity contribution in [3.63, 3.8) is 0 Å². The number of carbonyl (C=O) groups excluding carboxylic acids is 1. The fraction of sp³-hybridized carbons (Fsp3) is 0.217. The highest BCUT2D eigenvalue weighted by Gasteiger charge is 2.27. The van der Waals surface area contributed by atoms with Crippen molar-refractivity contribution < 1.29 is 9.42 Å². The maximum absolute atomic E-state index is 13.0. The molecule has 0 atom stereocenters. The summed E-state index contributed by atoms with van der Waals surface area (Å²) in [7, 11) is 0. The van der Waals surface area contributed by atoms with E-state index >= 15 is 0 Å². The fourth-order valence-corrected chi connectivity index (χ4v) is 3.94. The maximum atomic E-state index is 13.0. The number of carbonyl (C=O) groups is 1. The van der Waals surface area contributed by atoms with Gasteiger partial charge in [-0.05, 0) is 45.9 Å². The van der Waals surface area contributed by atoms with Crippen LogP contribution in [-0.2, 0) is 19.4 Å².